The van der Waals surface area contributed by atoms with Crippen LogP contribution in [-0.2, 0) is 0 Å². The molecule has 0 radical (unpaired) electrons. The summed E-state index contributed by atoms with van der Waals surface area (Å²) in [5.74, 6) is 0.588. The SMILES string of the molecule is CC=CC(=O)c1ccccc1OC. The Morgan fingerprint density at radius 2 is 2.08 bits per heavy atom. The molecule has 0 atom stereocenters. The summed E-state index contributed by atoms with van der Waals surface area (Å²) in [4.78, 5) is 11.5. The molecule has 0 aliphatic heterocycles. The quantitative estimate of drug-likeness (QED) is 0.522. The van der Waals surface area contributed by atoms with E-state index in [9.17, 15) is 4.79 Å². The van der Waals surface area contributed by atoms with Crippen molar-refractivity contribution in [2.24, 2.45) is 0 Å². The third-order valence-electron chi connectivity index (χ3n) is 1.69. The molecule has 0 aromatic heterocycles. The van der Waals surface area contributed by atoms with Crippen LogP contribution in [0.4, 0.5) is 0 Å². The molecule has 1 aromatic carbocycles. The first-order valence-electron chi connectivity index (χ1n) is 4.09. The monoisotopic (exact) mass is 176 g/mol. The van der Waals surface area contributed by atoms with E-state index in [0.717, 1.165) is 0 Å². The number of para-hydroxylation sites is 1. The van der Waals surface area contributed by atoms with E-state index in [1.54, 1.807) is 25.3 Å². The molecule has 0 fully saturated rings. The number of carbonyl (C=O) groups is 1. The van der Waals surface area contributed by atoms with Crippen LogP contribution in [0.2, 0.25) is 0 Å². The highest BCUT2D eigenvalue weighted by atomic mass is 16.5. The van der Waals surface area contributed by atoms with Crippen molar-refractivity contribution in [3.05, 3.63) is 42.0 Å². The van der Waals surface area contributed by atoms with Crippen molar-refractivity contribution in [2.45, 2.75) is 6.92 Å². The summed E-state index contributed by atoms with van der Waals surface area (Å²) in [6, 6.07) is 7.18. The van der Waals surface area contributed by atoms with Crippen molar-refractivity contribution in [1.82, 2.24) is 0 Å². The predicted octanol–water partition coefficient (Wildman–Crippen LogP) is 2.45. The Morgan fingerprint density at radius 3 is 2.69 bits per heavy atom. The first-order valence-corrected chi connectivity index (χ1v) is 4.09. The van der Waals surface area contributed by atoms with Gasteiger partial charge in [-0.3, -0.25) is 4.79 Å². The number of allylic oxidation sites excluding steroid dienone is 2. The number of ether oxygens (including phenoxy) is 1. The summed E-state index contributed by atoms with van der Waals surface area (Å²) in [6.45, 7) is 1.81. The highest BCUT2D eigenvalue weighted by Gasteiger charge is 2.06. The maximum Gasteiger partial charge on any atom is 0.189 e. The number of methoxy groups -OCH3 is 1. The molecule has 0 bridgehead atoms. The van der Waals surface area contributed by atoms with E-state index < -0.39 is 0 Å². The smallest absolute Gasteiger partial charge is 0.189 e. The summed E-state index contributed by atoms with van der Waals surface area (Å²) < 4.78 is 5.06. The molecule has 13 heavy (non-hydrogen) atoms. The molecule has 0 spiro atoms. The maximum absolute atomic E-state index is 11.5. The molecule has 1 aromatic rings. The largest absolute Gasteiger partial charge is 0.496 e. The Labute approximate surface area is 77.8 Å². The molecule has 0 unspecified atom stereocenters. The molecule has 0 aliphatic rings. The van der Waals surface area contributed by atoms with Crippen molar-refractivity contribution >= 4 is 5.78 Å². The lowest BCUT2D eigenvalue weighted by Gasteiger charge is -2.03. The fraction of sp³-hybridized carbons (Fsp3) is 0.182. The van der Waals surface area contributed by atoms with E-state index in [2.05, 4.69) is 0 Å². The standard InChI is InChI=1S/C11H12O2/c1-3-6-10(12)9-7-4-5-8-11(9)13-2/h3-8H,1-2H3. The van der Waals surface area contributed by atoms with Gasteiger partial charge < -0.3 is 4.74 Å². The highest BCUT2D eigenvalue weighted by molar-refractivity contribution is 6.06. The Hall–Kier alpha value is -1.57. The van der Waals surface area contributed by atoms with Crippen LogP contribution in [0.25, 0.3) is 0 Å². The van der Waals surface area contributed by atoms with Crippen LogP contribution in [0.15, 0.2) is 36.4 Å². The average molecular weight is 176 g/mol. The number of rotatable bonds is 3. The molecular weight excluding hydrogens is 164 g/mol. The number of carbonyl (C=O) groups excluding carboxylic acids is 1. The van der Waals surface area contributed by atoms with Gasteiger partial charge in [0.15, 0.2) is 5.78 Å². The Balaban J connectivity index is 3.05. The zero-order valence-electron chi connectivity index (χ0n) is 7.78. The lowest BCUT2D eigenvalue weighted by atomic mass is 10.1. The molecule has 2 heteroatoms. The number of hydrogen-bond donors (Lipinski definition) is 0. The number of hydrogen-bond acceptors (Lipinski definition) is 2. The van der Waals surface area contributed by atoms with E-state index >= 15 is 0 Å². The van der Waals surface area contributed by atoms with Crippen LogP contribution in [0.1, 0.15) is 17.3 Å². The Morgan fingerprint density at radius 1 is 1.38 bits per heavy atom. The van der Waals surface area contributed by atoms with E-state index in [4.69, 9.17) is 4.74 Å². The van der Waals surface area contributed by atoms with E-state index in [1.807, 2.05) is 19.1 Å². The minimum absolute atomic E-state index is 0.0278. The van der Waals surface area contributed by atoms with Crippen LogP contribution in [0.3, 0.4) is 0 Å². The first kappa shape index (κ1) is 9.52. The molecule has 0 N–H and O–H groups in total. The van der Waals surface area contributed by atoms with Crippen molar-refractivity contribution in [3.63, 3.8) is 0 Å². The Bertz CT molecular complexity index is 327. The average Bonchev–Trinajstić information content (AvgIpc) is 2.18. The van der Waals surface area contributed by atoms with Crippen molar-refractivity contribution in [2.75, 3.05) is 7.11 Å². The van der Waals surface area contributed by atoms with Gasteiger partial charge in [-0.2, -0.15) is 0 Å². The predicted molar refractivity (Wildman–Crippen MR) is 52.1 cm³/mol. The summed E-state index contributed by atoms with van der Waals surface area (Å²) in [7, 11) is 1.56. The summed E-state index contributed by atoms with van der Waals surface area (Å²) in [5.41, 5.74) is 0.600. The highest BCUT2D eigenvalue weighted by Crippen LogP contribution is 2.17. The Kier molecular flexibility index (Phi) is 3.26. The van der Waals surface area contributed by atoms with Crippen molar-refractivity contribution < 1.29 is 9.53 Å². The van der Waals surface area contributed by atoms with Crippen molar-refractivity contribution in [3.8, 4) is 5.75 Å². The van der Waals surface area contributed by atoms with E-state index in [0.29, 0.717) is 11.3 Å². The van der Waals surface area contributed by atoms with Gasteiger partial charge in [-0.05, 0) is 25.1 Å². The van der Waals surface area contributed by atoms with Gasteiger partial charge in [0.2, 0.25) is 0 Å². The van der Waals surface area contributed by atoms with Crippen LogP contribution in [0, 0.1) is 0 Å². The van der Waals surface area contributed by atoms with E-state index in [1.165, 1.54) is 6.08 Å². The fourth-order valence-corrected chi connectivity index (χ4v) is 1.09. The maximum atomic E-state index is 11.5. The van der Waals surface area contributed by atoms with Gasteiger partial charge in [0.1, 0.15) is 5.75 Å². The number of ketones is 1. The molecule has 0 heterocycles. The van der Waals surface area contributed by atoms with E-state index in [-0.39, 0.29) is 5.78 Å². The van der Waals surface area contributed by atoms with Crippen LogP contribution in [-0.4, -0.2) is 12.9 Å². The molecule has 0 amide bonds. The topological polar surface area (TPSA) is 26.3 Å². The summed E-state index contributed by atoms with van der Waals surface area (Å²) in [6.07, 6.45) is 3.24. The van der Waals surface area contributed by atoms with Gasteiger partial charge in [-0.15, -0.1) is 0 Å². The second kappa shape index (κ2) is 4.45. The van der Waals surface area contributed by atoms with Crippen molar-refractivity contribution in [1.29, 1.82) is 0 Å². The third-order valence-corrected chi connectivity index (χ3v) is 1.69. The molecule has 0 saturated heterocycles. The second-order valence-electron chi connectivity index (χ2n) is 2.56. The molecular formula is C11H12O2. The zero-order chi connectivity index (χ0) is 9.68. The molecule has 0 aliphatic carbocycles. The minimum atomic E-state index is -0.0278. The molecule has 1 rings (SSSR count). The molecule has 0 saturated carbocycles. The van der Waals surface area contributed by atoms with Gasteiger partial charge in [0.05, 0.1) is 12.7 Å². The van der Waals surface area contributed by atoms with Gasteiger partial charge >= 0.3 is 0 Å². The zero-order valence-corrected chi connectivity index (χ0v) is 7.78. The number of benzene rings is 1. The summed E-state index contributed by atoms with van der Waals surface area (Å²) in [5, 5.41) is 0. The minimum Gasteiger partial charge on any atom is -0.496 e. The van der Waals surface area contributed by atoms with Gasteiger partial charge in [-0.1, -0.05) is 18.2 Å². The van der Waals surface area contributed by atoms with Gasteiger partial charge in [-0.25, -0.2) is 0 Å². The van der Waals surface area contributed by atoms with Gasteiger partial charge in [0, 0.05) is 0 Å². The van der Waals surface area contributed by atoms with Crippen LogP contribution >= 0.6 is 0 Å². The van der Waals surface area contributed by atoms with Crippen LogP contribution < -0.4 is 4.74 Å². The lowest BCUT2D eigenvalue weighted by molar-refractivity contribution is 0.104. The second-order valence-corrected chi connectivity index (χ2v) is 2.56. The summed E-state index contributed by atoms with van der Waals surface area (Å²) >= 11 is 0. The normalized spacial score (nSPS) is 10.3. The van der Waals surface area contributed by atoms with Gasteiger partial charge in [0.25, 0.3) is 0 Å². The molecule has 2 nitrogen and oxygen atoms in total. The fourth-order valence-electron chi connectivity index (χ4n) is 1.09. The third kappa shape index (κ3) is 2.18. The van der Waals surface area contributed by atoms with Crippen LogP contribution in [0.5, 0.6) is 5.75 Å². The molecule has 68 valence electrons. The lowest BCUT2D eigenvalue weighted by Crippen LogP contribution is -1.97. The first-order chi connectivity index (χ1) is 6.29.